The maximum absolute atomic E-state index is 3.53. The minimum atomic E-state index is 0.829. The number of hydrogen-bond donors (Lipinski definition) is 1. The average Bonchev–Trinajstić information content (AvgIpc) is 2.45. The number of aryl methyl sites for hydroxylation is 3. The van der Waals surface area contributed by atoms with Gasteiger partial charge in [-0.05, 0) is 81.4 Å². The van der Waals surface area contributed by atoms with E-state index in [-0.39, 0.29) is 0 Å². The Balaban J connectivity index is 2.00. The molecule has 1 heterocycles. The summed E-state index contributed by atoms with van der Waals surface area (Å²) in [4.78, 5) is 2.61. The van der Waals surface area contributed by atoms with Crippen LogP contribution >= 0.6 is 0 Å². The molecule has 0 aromatic heterocycles. The summed E-state index contributed by atoms with van der Waals surface area (Å²) in [6, 6.07) is 4.72. The van der Waals surface area contributed by atoms with Crippen LogP contribution in [-0.4, -0.2) is 31.1 Å². The Hall–Kier alpha value is -0.860. The van der Waals surface area contributed by atoms with Crippen LogP contribution in [0.4, 0.5) is 0 Å². The number of nitrogens with one attached hydrogen (secondary N) is 1. The molecule has 1 aromatic carbocycles. The van der Waals surface area contributed by atoms with E-state index in [9.17, 15) is 0 Å². The first-order valence-electron chi connectivity index (χ1n) is 8.10. The molecule has 1 saturated heterocycles. The second-order valence-electron chi connectivity index (χ2n) is 6.40. The lowest BCUT2D eigenvalue weighted by molar-refractivity contribution is 0.209. The predicted octanol–water partition coefficient (Wildman–Crippen LogP) is 3.43. The van der Waals surface area contributed by atoms with Gasteiger partial charge in [0.15, 0.2) is 0 Å². The molecular weight excluding hydrogens is 244 g/mol. The Morgan fingerprint density at radius 2 is 1.90 bits per heavy atom. The van der Waals surface area contributed by atoms with E-state index in [0.29, 0.717) is 0 Å². The quantitative estimate of drug-likeness (QED) is 0.885. The zero-order valence-corrected chi connectivity index (χ0v) is 13.6. The van der Waals surface area contributed by atoms with Crippen molar-refractivity contribution in [2.75, 3.05) is 26.2 Å². The van der Waals surface area contributed by atoms with Crippen LogP contribution in [0.1, 0.15) is 42.0 Å². The van der Waals surface area contributed by atoms with E-state index in [4.69, 9.17) is 0 Å². The first-order chi connectivity index (χ1) is 9.60. The van der Waals surface area contributed by atoms with Gasteiger partial charge in [-0.3, -0.25) is 4.90 Å². The summed E-state index contributed by atoms with van der Waals surface area (Å²) in [5.41, 5.74) is 5.76. The smallest absolute Gasteiger partial charge is 0.0236 e. The Labute approximate surface area is 124 Å². The van der Waals surface area contributed by atoms with Crippen molar-refractivity contribution < 1.29 is 0 Å². The second kappa shape index (κ2) is 7.24. The van der Waals surface area contributed by atoms with Crippen molar-refractivity contribution in [3.8, 4) is 0 Å². The summed E-state index contributed by atoms with van der Waals surface area (Å²) in [7, 11) is 0. The topological polar surface area (TPSA) is 15.3 Å². The van der Waals surface area contributed by atoms with E-state index < -0.39 is 0 Å². The summed E-state index contributed by atoms with van der Waals surface area (Å²) >= 11 is 0. The maximum Gasteiger partial charge on any atom is 0.0236 e. The Bertz CT molecular complexity index is 433. The lowest BCUT2D eigenvalue weighted by atomic mass is 9.97. The van der Waals surface area contributed by atoms with Crippen LogP contribution in [0.25, 0.3) is 0 Å². The van der Waals surface area contributed by atoms with Gasteiger partial charge in [0.05, 0.1) is 0 Å². The van der Waals surface area contributed by atoms with Crippen LogP contribution in [0, 0.1) is 26.7 Å². The molecule has 112 valence electrons. The third kappa shape index (κ3) is 4.07. The van der Waals surface area contributed by atoms with Gasteiger partial charge in [-0.15, -0.1) is 0 Å². The van der Waals surface area contributed by atoms with E-state index in [1.54, 1.807) is 0 Å². The minimum Gasteiger partial charge on any atom is -0.316 e. The van der Waals surface area contributed by atoms with Crippen LogP contribution in [0.3, 0.4) is 0 Å². The lowest BCUT2D eigenvalue weighted by Crippen LogP contribution is -2.38. The van der Waals surface area contributed by atoms with Crippen molar-refractivity contribution in [2.24, 2.45) is 5.92 Å². The van der Waals surface area contributed by atoms with Gasteiger partial charge in [0.2, 0.25) is 0 Å². The molecule has 1 aromatic rings. The van der Waals surface area contributed by atoms with E-state index in [2.05, 4.69) is 50.0 Å². The molecule has 0 bridgehead atoms. The predicted molar refractivity (Wildman–Crippen MR) is 87.2 cm³/mol. The van der Waals surface area contributed by atoms with Crippen LogP contribution in [0.15, 0.2) is 12.1 Å². The van der Waals surface area contributed by atoms with Gasteiger partial charge in [-0.2, -0.15) is 0 Å². The molecule has 1 atom stereocenters. The van der Waals surface area contributed by atoms with Gasteiger partial charge < -0.3 is 5.32 Å². The molecule has 0 aliphatic carbocycles. The Kier molecular flexibility index (Phi) is 5.62. The van der Waals surface area contributed by atoms with Crippen molar-refractivity contribution in [3.05, 3.63) is 34.4 Å². The monoisotopic (exact) mass is 274 g/mol. The summed E-state index contributed by atoms with van der Waals surface area (Å²) in [6.07, 6.45) is 2.72. The first kappa shape index (κ1) is 15.5. The molecule has 1 fully saturated rings. The van der Waals surface area contributed by atoms with Gasteiger partial charge in [0.25, 0.3) is 0 Å². The summed E-state index contributed by atoms with van der Waals surface area (Å²) in [5, 5.41) is 3.53. The molecule has 0 saturated carbocycles. The largest absolute Gasteiger partial charge is 0.316 e. The van der Waals surface area contributed by atoms with E-state index in [1.165, 1.54) is 54.7 Å². The van der Waals surface area contributed by atoms with Gasteiger partial charge in [0, 0.05) is 13.1 Å². The number of benzene rings is 1. The third-order valence-electron chi connectivity index (χ3n) is 4.71. The fourth-order valence-corrected chi connectivity index (χ4v) is 3.18. The molecule has 0 radical (unpaired) electrons. The van der Waals surface area contributed by atoms with Crippen molar-refractivity contribution in [1.82, 2.24) is 10.2 Å². The van der Waals surface area contributed by atoms with Gasteiger partial charge in [0.1, 0.15) is 0 Å². The van der Waals surface area contributed by atoms with Gasteiger partial charge in [-0.1, -0.05) is 19.1 Å². The highest BCUT2D eigenvalue weighted by Crippen LogP contribution is 2.19. The Morgan fingerprint density at radius 3 is 2.55 bits per heavy atom. The fourth-order valence-electron chi connectivity index (χ4n) is 3.18. The summed E-state index contributed by atoms with van der Waals surface area (Å²) in [6.45, 7) is 14.8. The van der Waals surface area contributed by atoms with Crippen LogP contribution in [-0.2, 0) is 6.54 Å². The Morgan fingerprint density at radius 1 is 1.15 bits per heavy atom. The van der Waals surface area contributed by atoms with E-state index >= 15 is 0 Å². The minimum absolute atomic E-state index is 0.829. The molecule has 20 heavy (non-hydrogen) atoms. The highest BCUT2D eigenvalue weighted by molar-refractivity contribution is 5.36. The normalized spacial score (nSPS) is 19.6. The van der Waals surface area contributed by atoms with Crippen molar-refractivity contribution in [1.29, 1.82) is 0 Å². The molecule has 2 nitrogen and oxygen atoms in total. The number of hydrogen-bond acceptors (Lipinski definition) is 2. The summed E-state index contributed by atoms with van der Waals surface area (Å²) in [5.74, 6) is 0.829. The SMILES string of the molecule is CCN(Cc1cc(C)c(C)cc1C)CC1CCCNC1. The fraction of sp³-hybridized carbons (Fsp3) is 0.667. The summed E-state index contributed by atoms with van der Waals surface area (Å²) < 4.78 is 0. The molecule has 2 rings (SSSR count). The van der Waals surface area contributed by atoms with Crippen molar-refractivity contribution in [2.45, 2.75) is 47.1 Å². The first-order valence-corrected chi connectivity index (χ1v) is 8.10. The molecule has 0 amide bonds. The van der Waals surface area contributed by atoms with Crippen LogP contribution < -0.4 is 5.32 Å². The van der Waals surface area contributed by atoms with Crippen LogP contribution in [0.5, 0.6) is 0 Å². The molecule has 2 heteroatoms. The van der Waals surface area contributed by atoms with Gasteiger partial charge >= 0.3 is 0 Å². The van der Waals surface area contributed by atoms with Crippen molar-refractivity contribution in [3.63, 3.8) is 0 Å². The number of nitrogens with zero attached hydrogens (tertiary/aromatic N) is 1. The number of rotatable bonds is 5. The zero-order valence-electron chi connectivity index (χ0n) is 13.6. The lowest BCUT2D eigenvalue weighted by Gasteiger charge is -2.30. The molecule has 1 aliphatic heterocycles. The number of piperidine rings is 1. The van der Waals surface area contributed by atoms with Crippen molar-refractivity contribution >= 4 is 0 Å². The molecular formula is C18H30N2. The maximum atomic E-state index is 3.53. The standard InChI is InChI=1S/C18H30N2/c1-5-20(12-17-7-6-8-19-11-17)13-18-10-15(3)14(2)9-16(18)4/h9-10,17,19H,5-8,11-13H2,1-4H3. The highest BCUT2D eigenvalue weighted by Gasteiger charge is 2.17. The average molecular weight is 274 g/mol. The van der Waals surface area contributed by atoms with E-state index in [0.717, 1.165) is 19.0 Å². The molecule has 1 aliphatic rings. The second-order valence-corrected chi connectivity index (χ2v) is 6.40. The zero-order chi connectivity index (χ0) is 14.5. The van der Waals surface area contributed by atoms with Crippen LogP contribution in [0.2, 0.25) is 0 Å². The van der Waals surface area contributed by atoms with Gasteiger partial charge in [-0.25, -0.2) is 0 Å². The third-order valence-corrected chi connectivity index (χ3v) is 4.71. The molecule has 1 unspecified atom stereocenters. The van der Waals surface area contributed by atoms with E-state index in [1.807, 2.05) is 0 Å². The molecule has 0 spiro atoms. The highest BCUT2D eigenvalue weighted by atomic mass is 15.1. The molecule has 1 N–H and O–H groups in total.